The first-order chi connectivity index (χ1) is 9.56. The number of rotatable bonds is 3. The summed E-state index contributed by atoms with van der Waals surface area (Å²) in [5.74, 6) is 2.29. The molecule has 2 N–H and O–H groups in total. The number of nitrogen functional groups attached to an aromatic ring is 1. The fourth-order valence-electron chi connectivity index (χ4n) is 2.90. The van der Waals surface area contributed by atoms with Crippen molar-refractivity contribution >= 4 is 22.6 Å². The van der Waals surface area contributed by atoms with Crippen LogP contribution in [0.25, 0.3) is 16.8 Å². The quantitative estimate of drug-likeness (QED) is 0.789. The summed E-state index contributed by atoms with van der Waals surface area (Å²) >= 11 is 0. The molecule has 2 heterocycles. The Morgan fingerprint density at radius 3 is 2.65 bits per heavy atom. The predicted octanol–water partition coefficient (Wildman–Crippen LogP) is 3.61. The molecule has 1 aromatic carbocycles. The highest BCUT2D eigenvalue weighted by molar-refractivity contribution is 5.80. The van der Waals surface area contributed by atoms with Gasteiger partial charge in [-0.25, -0.2) is 4.98 Å². The second-order valence-corrected chi connectivity index (χ2v) is 5.87. The zero-order valence-electron chi connectivity index (χ0n) is 12.2. The molecule has 104 valence electrons. The van der Waals surface area contributed by atoms with Crippen LogP contribution < -0.4 is 5.73 Å². The van der Waals surface area contributed by atoms with Gasteiger partial charge in [-0.15, -0.1) is 0 Å². The van der Waals surface area contributed by atoms with Gasteiger partial charge in [0.05, 0.1) is 11.0 Å². The van der Waals surface area contributed by atoms with E-state index < -0.39 is 0 Å². The molecule has 1 atom stereocenters. The lowest BCUT2D eigenvalue weighted by Crippen LogP contribution is -2.08. The molecule has 0 saturated heterocycles. The summed E-state index contributed by atoms with van der Waals surface area (Å²) < 4.78 is 2.14. The van der Waals surface area contributed by atoms with Crippen LogP contribution in [-0.4, -0.2) is 14.4 Å². The average Bonchev–Trinajstić information content (AvgIpc) is 2.74. The number of hydrogen-bond acceptors (Lipinski definition) is 3. The highest BCUT2D eigenvalue weighted by atomic mass is 15.1. The van der Waals surface area contributed by atoms with Crippen molar-refractivity contribution in [1.82, 2.24) is 14.4 Å². The third-order valence-electron chi connectivity index (χ3n) is 3.66. The number of imidazole rings is 1. The first-order valence-electron chi connectivity index (χ1n) is 7.10. The van der Waals surface area contributed by atoms with Crippen LogP contribution in [0.3, 0.4) is 0 Å². The molecular weight excluding hydrogens is 248 g/mol. The van der Waals surface area contributed by atoms with E-state index in [0.29, 0.717) is 23.4 Å². The first-order valence-corrected chi connectivity index (χ1v) is 7.10. The second-order valence-electron chi connectivity index (χ2n) is 5.87. The van der Waals surface area contributed by atoms with Gasteiger partial charge in [-0.1, -0.05) is 32.9 Å². The molecule has 0 aliphatic carbocycles. The van der Waals surface area contributed by atoms with Gasteiger partial charge in [-0.3, -0.25) is 4.40 Å². The Labute approximate surface area is 118 Å². The van der Waals surface area contributed by atoms with Gasteiger partial charge in [-0.2, -0.15) is 4.98 Å². The summed E-state index contributed by atoms with van der Waals surface area (Å²) in [6.45, 7) is 6.72. The molecule has 0 bridgehead atoms. The Bertz CT molecular complexity index is 758. The Morgan fingerprint density at radius 1 is 1.15 bits per heavy atom. The maximum atomic E-state index is 5.95. The van der Waals surface area contributed by atoms with Gasteiger partial charge < -0.3 is 5.73 Å². The van der Waals surface area contributed by atoms with Crippen molar-refractivity contribution in [2.75, 3.05) is 5.73 Å². The normalized spacial score (nSPS) is 13.4. The summed E-state index contributed by atoms with van der Waals surface area (Å²) in [6, 6.07) is 10.1. The Balaban J connectivity index is 2.29. The van der Waals surface area contributed by atoms with Crippen LogP contribution in [0.2, 0.25) is 0 Å². The molecule has 4 heteroatoms. The Morgan fingerprint density at radius 2 is 1.90 bits per heavy atom. The van der Waals surface area contributed by atoms with Crippen molar-refractivity contribution in [3.63, 3.8) is 0 Å². The standard InChI is InChI=1S/C16H20N4/c1-10(2)8-11(3)14-9-15(17)19-16-18-12-6-4-5-7-13(12)20(14)16/h4-7,9-11H,8H2,1-3H3,(H2,17,18,19)/t11-/m1/s1. The van der Waals surface area contributed by atoms with Gasteiger partial charge in [0.1, 0.15) is 5.82 Å². The highest BCUT2D eigenvalue weighted by Gasteiger charge is 2.16. The van der Waals surface area contributed by atoms with Crippen molar-refractivity contribution in [1.29, 1.82) is 0 Å². The van der Waals surface area contributed by atoms with Crippen molar-refractivity contribution in [2.45, 2.75) is 33.1 Å². The largest absolute Gasteiger partial charge is 0.384 e. The van der Waals surface area contributed by atoms with Gasteiger partial charge in [0.15, 0.2) is 0 Å². The molecule has 0 unspecified atom stereocenters. The number of hydrogen-bond donors (Lipinski definition) is 1. The van der Waals surface area contributed by atoms with Crippen LogP contribution in [0, 0.1) is 5.92 Å². The number of anilines is 1. The van der Waals surface area contributed by atoms with Gasteiger partial charge in [0.2, 0.25) is 5.78 Å². The van der Waals surface area contributed by atoms with E-state index in [1.807, 2.05) is 24.3 Å². The minimum absolute atomic E-state index is 0.417. The van der Waals surface area contributed by atoms with Crippen molar-refractivity contribution < 1.29 is 0 Å². The summed E-state index contributed by atoms with van der Waals surface area (Å²) in [6.07, 6.45) is 1.12. The molecular formula is C16H20N4. The fraction of sp³-hybridized carbons (Fsp3) is 0.375. The Kier molecular flexibility index (Phi) is 3.08. The van der Waals surface area contributed by atoms with Crippen molar-refractivity contribution in [3.05, 3.63) is 36.0 Å². The fourth-order valence-corrected chi connectivity index (χ4v) is 2.90. The van der Waals surface area contributed by atoms with E-state index in [0.717, 1.165) is 17.5 Å². The predicted molar refractivity (Wildman–Crippen MR) is 82.8 cm³/mol. The maximum absolute atomic E-state index is 5.95. The summed E-state index contributed by atoms with van der Waals surface area (Å²) in [7, 11) is 0. The number of benzene rings is 1. The molecule has 0 radical (unpaired) electrons. The van der Waals surface area contributed by atoms with Gasteiger partial charge in [0, 0.05) is 11.8 Å². The molecule has 4 nitrogen and oxygen atoms in total. The van der Waals surface area contributed by atoms with Gasteiger partial charge in [-0.05, 0) is 30.4 Å². The number of fused-ring (bicyclic) bond motifs is 3. The molecule has 0 aliphatic rings. The average molecular weight is 268 g/mol. The number of para-hydroxylation sites is 2. The lowest BCUT2D eigenvalue weighted by atomic mass is 9.95. The van der Waals surface area contributed by atoms with E-state index in [-0.39, 0.29) is 0 Å². The van der Waals surface area contributed by atoms with Crippen LogP contribution in [0.1, 0.15) is 38.8 Å². The Hall–Kier alpha value is -2.10. The number of nitrogens with two attached hydrogens (primary N) is 1. The molecule has 0 amide bonds. The van der Waals surface area contributed by atoms with E-state index >= 15 is 0 Å². The van der Waals surface area contributed by atoms with E-state index in [1.165, 1.54) is 5.69 Å². The molecule has 3 rings (SSSR count). The zero-order valence-corrected chi connectivity index (χ0v) is 12.2. The molecule has 0 spiro atoms. The van der Waals surface area contributed by atoms with Crippen LogP contribution in [0.15, 0.2) is 30.3 Å². The SMILES string of the molecule is CC(C)C[C@@H](C)c1cc(N)nc2nc3ccccc3n12. The van der Waals surface area contributed by atoms with Crippen LogP contribution in [0.5, 0.6) is 0 Å². The van der Waals surface area contributed by atoms with Gasteiger partial charge >= 0.3 is 0 Å². The third kappa shape index (κ3) is 2.11. The van der Waals surface area contributed by atoms with Crippen LogP contribution in [0.4, 0.5) is 5.82 Å². The maximum Gasteiger partial charge on any atom is 0.237 e. The highest BCUT2D eigenvalue weighted by Crippen LogP contribution is 2.27. The first kappa shape index (κ1) is 12.9. The molecule has 2 aromatic heterocycles. The van der Waals surface area contributed by atoms with Gasteiger partial charge in [0.25, 0.3) is 0 Å². The van der Waals surface area contributed by atoms with E-state index in [9.17, 15) is 0 Å². The summed E-state index contributed by atoms with van der Waals surface area (Å²) in [4.78, 5) is 8.93. The third-order valence-corrected chi connectivity index (χ3v) is 3.66. The van der Waals surface area contributed by atoms with E-state index in [4.69, 9.17) is 5.73 Å². The van der Waals surface area contributed by atoms with Crippen molar-refractivity contribution in [2.24, 2.45) is 5.92 Å². The molecule has 0 fully saturated rings. The lowest BCUT2D eigenvalue weighted by molar-refractivity contribution is 0.514. The monoisotopic (exact) mass is 268 g/mol. The summed E-state index contributed by atoms with van der Waals surface area (Å²) in [5.41, 5.74) is 9.20. The zero-order chi connectivity index (χ0) is 14.3. The van der Waals surface area contributed by atoms with E-state index in [1.54, 1.807) is 0 Å². The number of nitrogens with zero attached hydrogens (tertiary/aromatic N) is 3. The second kappa shape index (κ2) is 4.78. The van der Waals surface area contributed by atoms with E-state index in [2.05, 4.69) is 41.2 Å². The smallest absolute Gasteiger partial charge is 0.237 e. The molecule has 0 saturated carbocycles. The van der Waals surface area contributed by atoms with Crippen molar-refractivity contribution in [3.8, 4) is 0 Å². The van der Waals surface area contributed by atoms with Crippen LogP contribution >= 0.6 is 0 Å². The minimum Gasteiger partial charge on any atom is -0.384 e. The number of aromatic nitrogens is 3. The van der Waals surface area contributed by atoms with Crippen LogP contribution in [-0.2, 0) is 0 Å². The minimum atomic E-state index is 0.417. The molecule has 3 aromatic rings. The lowest BCUT2D eigenvalue weighted by Gasteiger charge is -2.16. The topological polar surface area (TPSA) is 56.2 Å². The molecule has 20 heavy (non-hydrogen) atoms. The summed E-state index contributed by atoms with van der Waals surface area (Å²) in [5, 5.41) is 0. The molecule has 0 aliphatic heterocycles.